The summed E-state index contributed by atoms with van der Waals surface area (Å²) < 4.78 is 5.13. The van der Waals surface area contributed by atoms with E-state index in [0.29, 0.717) is 0 Å². The molecule has 0 atom stereocenters. The molecule has 2 aliphatic carbocycles. The molecule has 18 aromatic rings. The molecule has 4 aliphatic rings. The number of fused-ring (bicyclic) bond motifs is 20. The zero-order valence-electron chi connectivity index (χ0n) is 65.9. The average molecular weight is 1460 g/mol. The average Bonchev–Trinajstić information content (AvgIpc) is 1.34. The largest absolute Gasteiger partial charge is 0.310 e. The summed E-state index contributed by atoms with van der Waals surface area (Å²) in [5.41, 5.74) is 39.6. The SMILES string of the molecule is CC(C)(C)c1cc(-c2ccccc2)c(N2c3cc(-n4c5ccccc5c5ccccc54)ccc3B3c4ccc(-n5c6ccccc6c6cc7c(cc65)C5(c6ccccc6-c6ccccc65)c5ccccc5-7)cc4N(c4c(-c5ccccc5)cc(C(C)(C)C)cc4-c4ccccc4)c4cc(C(C)(C)C)cc2c43)c(-c2ccccc2)c1. The summed E-state index contributed by atoms with van der Waals surface area (Å²) in [5, 5.41) is 4.90. The predicted molar refractivity (Wildman–Crippen MR) is 483 cm³/mol. The fourth-order valence-electron chi connectivity index (χ4n) is 20.2. The van der Waals surface area contributed by atoms with Crippen molar-refractivity contribution in [3.8, 4) is 78.1 Å². The highest BCUT2D eigenvalue weighted by Crippen LogP contribution is 2.64. The monoisotopic (exact) mass is 1460 g/mol. The number of para-hydroxylation sites is 3. The number of aromatic nitrogens is 2. The molecular weight excluding hydrogens is 1380 g/mol. The first kappa shape index (κ1) is 67.7. The second-order valence-electron chi connectivity index (χ2n) is 35.1. The lowest BCUT2D eigenvalue weighted by molar-refractivity contribution is 0.590. The first-order valence-corrected chi connectivity index (χ1v) is 40.5. The van der Waals surface area contributed by atoms with Gasteiger partial charge in [0.05, 0.1) is 38.9 Å². The van der Waals surface area contributed by atoms with Crippen molar-refractivity contribution in [2.45, 2.75) is 84.0 Å². The predicted octanol–water partition coefficient (Wildman–Crippen LogP) is 26.9. The van der Waals surface area contributed by atoms with Gasteiger partial charge in [0.2, 0.25) is 0 Å². The highest BCUT2D eigenvalue weighted by atomic mass is 15.2. The van der Waals surface area contributed by atoms with E-state index in [1.807, 2.05) is 0 Å². The van der Waals surface area contributed by atoms with Crippen LogP contribution in [0.15, 0.2) is 352 Å². The minimum atomic E-state index is -0.545. The van der Waals surface area contributed by atoms with Crippen LogP contribution in [0.2, 0.25) is 0 Å². The molecule has 4 heterocycles. The van der Waals surface area contributed by atoms with Gasteiger partial charge in [0, 0.05) is 77.9 Å². The van der Waals surface area contributed by atoms with Crippen molar-refractivity contribution in [2.24, 2.45) is 0 Å². The van der Waals surface area contributed by atoms with E-state index in [2.05, 4.69) is 433 Å². The number of rotatable bonds is 8. The zero-order valence-corrected chi connectivity index (χ0v) is 65.9. The van der Waals surface area contributed by atoms with Crippen LogP contribution in [0.4, 0.5) is 34.1 Å². The minimum Gasteiger partial charge on any atom is -0.310 e. The van der Waals surface area contributed by atoms with Gasteiger partial charge < -0.3 is 18.9 Å². The van der Waals surface area contributed by atoms with Gasteiger partial charge in [0.15, 0.2) is 0 Å². The molecule has 0 bridgehead atoms. The van der Waals surface area contributed by atoms with Crippen molar-refractivity contribution < 1.29 is 0 Å². The molecule has 114 heavy (non-hydrogen) atoms. The Bertz CT molecular complexity index is 6820. The van der Waals surface area contributed by atoms with Gasteiger partial charge in [0.25, 0.3) is 6.71 Å². The van der Waals surface area contributed by atoms with E-state index in [1.165, 1.54) is 138 Å². The first-order chi connectivity index (χ1) is 55.5. The standard InChI is InChI=1S/C109H85BN4/c1-106(2,3)72-58-83(68-34-14-10-15-35-68)104(84(59-72)69-36-16-11-17-37-69)113-99-64-75(111-95-51-31-25-45-80(95)81-46-26-32-52-96(81)111)54-56-93(99)110-94-57-55-76(112-97-53-33-27-47-82(97)88-66-87-79-44-24-30-50-91(79)109(92(87)67-98(88)112)89-48-28-22-42-77(89)78-43-23-29-49-90(78)109)65-100(94)114(102-63-74(108(7,8)9)62-101(113)103(102)110)105-85(70-38-18-12-19-39-70)60-73(107(4,5)6)61-86(105)71-40-20-13-21-41-71/h10-67H,1-9H3. The van der Waals surface area contributed by atoms with Crippen LogP contribution in [0.25, 0.3) is 122 Å². The molecular formula is C109H85BN4. The third-order valence-electron chi connectivity index (χ3n) is 25.5. The Morgan fingerprint density at radius 3 is 0.930 bits per heavy atom. The Morgan fingerprint density at radius 2 is 0.553 bits per heavy atom. The second kappa shape index (κ2) is 24.9. The van der Waals surface area contributed by atoms with E-state index >= 15 is 0 Å². The molecule has 5 heteroatoms. The van der Waals surface area contributed by atoms with E-state index in [9.17, 15) is 0 Å². The molecule has 544 valence electrons. The van der Waals surface area contributed by atoms with Crippen LogP contribution in [-0.2, 0) is 21.7 Å². The minimum absolute atomic E-state index is 0.203. The van der Waals surface area contributed by atoms with Gasteiger partial charge >= 0.3 is 0 Å². The summed E-state index contributed by atoms with van der Waals surface area (Å²) in [7, 11) is 0. The molecule has 0 N–H and O–H groups in total. The van der Waals surface area contributed by atoms with Crippen molar-refractivity contribution in [3.05, 3.63) is 391 Å². The molecule has 0 amide bonds. The fourth-order valence-corrected chi connectivity index (χ4v) is 20.2. The summed E-state index contributed by atoms with van der Waals surface area (Å²) >= 11 is 0. The quantitative estimate of drug-likeness (QED) is 0.141. The van der Waals surface area contributed by atoms with E-state index in [1.54, 1.807) is 0 Å². The van der Waals surface area contributed by atoms with Gasteiger partial charge in [-0.25, -0.2) is 0 Å². The Labute approximate surface area is 668 Å². The maximum atomic E-state index is 2.76. The van der Waals surface area contributed by atoms with E-state index in [-0.39, 0.29) is 23.0 Å². The van der Waals surface area contributed by atoms with Gasteiger partial charge in [-0.2, -0.15) is 0 Å². The first-order valence-electron chi connectivity index (χ1n) is 40.5. The van der Waals surface area contributed by atoms with Crippen LogP contribution >= 0.6 is 0 Å². The Kier molecular flexibility index (Phi) is 14.8. The third kappa shape index (κ3) is 9.91. The molecule has 4 nitrogen and oxygen atoms in total. The van der Waals surface area contributed by atoms with Gasteiger partial charge in [-0.05, 0) is 207 Å². The summed E-state index contributed by atoms with van der Waals surface area (Å²) in [5.74, 6) is 0. The normalized spacial score (nSPS) is 13.7. The second-order valence-corrected chi connectivity index (χ2v) is 35.1. The van der Waals surface area contributed by atoms with Crippen LogP contribution in [0.1, 0.15) is 101 Å². The third-order valence-corrected chi connectivity index (χ3v) is 25.5. The summed E-state index contributed by atoms with van der Waals surface area (Å²) in [6, 6.07) is 135. The number of benzene rings is 16. The van der Waals surface area contributed by atoms with Gasteiger partial charge in [-0.1, -0.05) is 323 Å². The topological polar surface area (TPSA) is 16.3 Å². The summed E-state index contributed by atoms with van der Waals surface area (Å²) in [6.45, 7) is 21.2. The van der Waals surface area contributed by atoms with Gasteiger partial charge in [-0.3, -0.25) is 0 Å². The van der Waals surface area contributed by atoms with Crippen molar-refractivity contribution >= 4 is 101 Å². The highest BCUT2D eigenvalue weighted by Gasteiger charge is 2.53. The summed E-state index contributed by atoms with van der Waals surface area (Å²) in [4.78, 5) is 5.51. The maximum Gasteiger partial charge on any atom is 0.252 e. The summed E-state index contributed by atoms with van der Waals surface area (Å²) in [6.07, 6.45) is 0. The molecule has 0 radical (unpaired) electrons. The van der Waals surface area contributed by atoms with Crippen LogP contribution in [0, 0.1) is 0 Å². The number of hydrogen-bond donors (Lipinski definition) is 0. The van der Waals surface area contributed by atoms with Gasteiger partial charge in [0.1, 0.15) is 0 Å². The van der Waals surface area contributed by atoms with Crippen LogP contribution in [-0.4, -0.2) is 15.8 Å². The van der Waals surface area contributed by atoms with Crippen LogP contribution in [0.3, 0.4) is 0 Å². The van der Waals surface area contributed by atoms with E-state index < -0.39 is 5.41 Å². The van der Waals surface area contributed by atoms with Crippen molar-refractivity contribution in [3.63, 3.8) is 0 Å². The molecule has 0 saturated carbocycles. The molecule has 1 spiro atoms. The molecule has 2 aromatic heterocycles. The van der Waals surface area contributed by atoms with Crippen molar-refractivity contribution in [1.29, 1.82) is 0 Å². The Balaban J connectivity index is 0.902. The maximum absolute atomic E-state index is 2.76. The lowest BCUT2D eigenvalue weighted by Gasteiger charge is -2.47. The molecule has 0 saturated heterocycles. The van der Waals surface area contributed by atoms with Crippen LogP contribution < -0.4 is 26.2 Å². The molecule has 0 fully saturated rings. The lowest BCUT2D eigenvalue weighted by Crippen LogP contribution is -2.61. The molecule has 0 unspecified atom stereocenters. The Morgan fingerprint density at radius 1 is 0.237 bits per heavy atom. The lowest BCUT2D eigenvalue weighted by atomic mass is 9.33. The number of anilines is 6. The molecule has 22 rings (SSSR count). The Hall–Kier alpha value is -13.2. The number of hydrogen-bond acceptors (Lipinski definition) is 2. The zero-order chi connectivity index (χ0) is 76.8. The van der Waals surface area contributed by atoms with E-state index in [4.69, 9.17) is 0 Å². The fraction of sp³-hybridized carbons (Fsp3) is 0.119. The van der Waals surface area contributed by atoms with Gasteiger partial charge in [-0.15, -0.1) is 0 Å². The van der Waals surface area contributed by atoms with Crippen molar-refractivity contribution in [2.75, 3.05) is 9.80 Å². The highest BCUT2D eigenvalue weighted by molar-refractivity contribution is 7.00. The van der Waals surface area contributed by atoms with E-state index in [0.717, 1.165) is 73.3 Å². The molecule has 16 aromatic carbocycles. The van der Waals surface area contributed by atoms with Crippen molar-refractivity contribution in [1.82, 2.24) is 9.13 Å². The number of nitrogens with zero attached hydrogens (tertiary/aromatic N) is 4. The smallest absolute Gasteiger partial charge is 0.252 e. The molecule has 2 aliphatic heterocycles. The van der Waals surface area contributed by atoms with Crippen LogP contribution in [0.5, 0.6) is 0 Å².